The van der Waals surface area contributed by atoms with Crippen LogP contribution in [0.4, 0.5) is 5.69 Å². The van der Waals surface area contributed by atoms with Crippen LogP contribution in [0, 0.1) is 0 Å². The molecule has 7 heteroatoms. The first-order valence-electron chi connectivity index (χ1n) is 7.73. The number of nitrogens with one attached hydrogen (secondary N) is 2. The first-order chi connectivity index (χ1) is 11.2. The molecule has 3 rings (SSSR count). The van der Waals surface area contributed by atoms with E-state index >= 15 is 0 Å². The van der Waals surface area contributed by atoms with Gasteiger partial charge in [0.1, 0.15) is 0 Å². The standard InChI is InChI=1S/C17H22N4O2.HI/c1-18-17(19-11-13-6-7-21(2)12-13)20-14-4-5-15-16(10-14)23-9-3-8-22-15;/h4-7,10,12H,3,8-9,11H2,1-2H3,(H2,18,19,20);1H. The molecule has 0 amide bonds. The van der Waals surface area contributed by atoms with Gasteiger partial charge in [-0.05, 0) is 23.8 Å². The summed E-state index contributed by atoms with van der Waals surface area (Å²) in [4.78, 5) is 4.25. The van der Waals surface area contributed by atoms with Gasteiger partial charge in [-0.15, -0.1) is 24.0 Å². The number of aliphatic imine (C=N–C) groups is 1. The Morgan fingerprint density at radius 3 is 2.71 bits per heavy atom. The van der Waals surface area contributed by atoms with Crippen LogP contribution in [0.25, 0.3) is 0 Å². The number of hydrogen-bond acceptors (Lipinski definition) is 3. The molecule has 0 saturated heterocycles. The number of benzene rings is 1. The summed E-state index contributed by atoms with van der Waals surface area (Å²) in [6, 6.07) is 7.90. The molecule has 0 fully saturated rings. The highest BCUT2D eigenvalue weighted by Gasteiger charge is 2.11. The van der Waals surface area contributed by atoms with Crippen molar-refractivity contribution in [3.05, 3.63) is 42.2 Å². The topological polar surface area (TPSA) is 59.8 Å². The number of halogens is 1. The number of anilines is 1. The van der Waals surface area contributed by atoms with Gasteiger partial charge in [-0.2, -0.15) is 0 Å². The Morgan fingerprint density at radius 1 is 1.21 bits per heavy atom. The van der Waals surface area contributed by atoms with Crippen LogP contribution in [0.2, 0.25) is 0 Å². The van der Waals surface area contributed by atoms with E-state index in [1.807, 2.05) is 36.0 Å². The first kappa shape index (κ1) is 18.4. The molecule has 0 bridgehead atoms. The third-order valence-electron chi connectivity index (χ3n) is 3.59. The van der Waals surface area contributed by atoms with Crippen molar-refractivity contribution < 1.29 is 9.47 Å². The van der Waals surface area contributed by atoms with Crippen LogP contribution in [0.5, 0.6) is 11.5 Å². The molecular formula is C17H23IN4O2. The highest BCUT2D eigenvalue weighted by molar-refractivity contribution is 14.0. The van der Waals surface area contributed by atoms with E-state index < -0.39 is 0 Å². The molecule has 1 aliphatic heterocycles. The fraction of sp³-hybridized carbons (Fsp3) is 0.353. The average Bonchev–Trinajstić information content (AvgIpc) is 2.83. The number of guanidine groups is 1. The van der Waals surface area contributed by atoms with Crippen LogP contribution in [0.15, 0.2) is 41.7 Å². The van der Waals surface area contributed by atoms with Crippen LogP contribution < -0.4 is 20.1 Å². The second-order valence-corrected chi connectivity index (χ2v) is 5.45. The molecule has 1 aromatic carbocycles. The number of fused-ring (bicyclic) bond motifs is 1. The van der Waals surface area contributed by atoms with Gasteiger partial charge in [-0.1, -0.05) is 0 Å². The number of nitrogens with zero attached hydrogens (tertiary/aromatic N) is 2. The number of aryl methyl sites for hydroxylation is 1. The lowest BCUT2D eigenvalue weighted by atomic mass is 10.2. The lowest BCUT2D eigenvalue weighted by Crippen LogP contribution is -2.30. The van der Waals surface area contributed by atoms with Gasteiger partial charge in [-0.25, -0.2) is 0 Å². The second kappa shape index (κ2) is 8.81. The zero-order valence-corrected chi connectivity index (χ0v) is 16.2. The first-order valence-corrected chi connectivity index (χ1v) is 7.73. The maximum absolute atomic E-state index is 5.71. The summed E-state index contributed by atoms with van der Waals surface area (Å²) in [6.07, 6.45) is 5.00. The number of ether oxygens (including phenoxy) is 2. The lowest BCUT2D eigenvalue weighted by Gasteiger charge is -2.13. The van der Waals surface area contributed by atoms with Crippen molar-refractivity contribution in [3.63, 3.8) is 0 Å². The minimum Gasteiger partial charge on any atom is -0.490 e. The summed E-state index contributed by atoms with van der Waals surface area (Å²) < 4.78 is 13.4. The zero-order chi connectivity index (χ0) is 16.1. The number of aromatic nitrogens is 1. The van der Waals surface area contributed by atoms with Crippen molar-refractivity contribution in [1.29, 1.82) is 0 Å². The molecule has 0 radical (unpaired) electrons. The third kappa shape index (κ3) is 4.80. The lowest BCUT2D eigenvalue weighted by molar-refractivity contribution is 0.297. The van der Waals surface area contributed by atoms with Crippen molar-refractivity contribution >= 4 is 35.6 Å². The van der Waals surface area contributed by atoms with Crippen LogP contribution in [-0.2, 0) is 13.6 Å². The zero-order valence-electron chi connectivity index (χ0n) is 13.9. The molecule has 0 aliphatic carbocycles. The molecule has 2 N–H and O–H groups in total. The van der Waals surface area contributed by atoms with Gasteiger partial charge in [0.15, 0.2) is 17.5 Å². The summed E-state index contributed by atoms with van der Waals surface area (Å²) in [7, 11) is 3.76. The number of rotatable bonds is 3. The number of hydrogen-bond donors (Lipinski definition) is 2. The van der Waals surface area contributed by atoms with E-state index in [4.69, 9.17) is 9.47 Å². The largest absolute Gasteiger partial charge is 0.490 e. The molecule has 24 heavy (non-hydrogen) atoms. The van der Waals surface area contributed by atoms with Crippen molar-refractivity contribution in [1.82, 2.24) is 9.88 Å². The van der Waals surface area contributed by atoms with Gasteiger partial charge < -0.3 is 24.7 Å². The summed E-state index contributed by atoms with van der Waals surface area (Å²) >= 11 is 0. The minimum atomic E-state index is 0. The van der Waals surface area contributed by atoms with Gasteiger partial charge >= 0.3 is 0 Å². The Balaban J connectivity index is 0.00000208. The average molecular weight is 442 g/mol. The summed E-state index contributed by atoms with van der Waals surface area (Å²) in [5, 5.41) is 6.57. The highest BCUT2D eigenvalue weighted by atomic mass is 127. The summed E-state index contributed by atoms with van der Waals surface area (Å²) in [6.45, 7) is 2.09. The smallest absolute Gasteiger partial charge is 0.195 e. The quantitative estimate of drug-likeness (QED) is 0.436. The van der Waals surface area contributed by atoms with Crippen molar-refractivity contribution in [2.75, 3.05) is 25.6 Å². The Morgan fingerprint density at radius 2 is 2.00 bits per heavy atom. The van der Waals surface area contributed by atoms with Gasteiger partial charge in [0.2, 0.25) is 0 Å². The third-order valence-corrected chi connectivity index (χ3v) is 3.59. The monoisotopic (exact) mass is 442 g/mol. The molecule has 6 nitrogen and oxygen atoms in total. The van der Waals surface area contributed by atoms with Crippen molar-refractivity contribution in [2.45, 2.75) is 13.0 Å². The molecule has 0 spiro atoms. The van der Waals surface area contributed by atoms with E-state index in [1.165, 1.54) is 5.56 Å². The molecule has 2 heterocycles. The SMILES string of the molecule is CN=C(NCc1ccn(C)c1)Nc1ccc2c(c1)OCCCO2.I. The molecule has 0 saturated carbocycles. The highest BCUT2D eigenvalue weighted by Crippen LogP contribution is 2.32. The molecule has 1 aromatic heterocycles. The van der Waals surface area contributed by atoms with Crippen LogP contribution in [-0.4, -0.2) is 30.8 Å². The molecule has 1 aliphatic rings. The Labute approximate surface area is 159 Å². The van der Waals surface area contributed by atoms with Crippen LogP contribution in [0.3, 0.4) is 0 Å². The van der Waals surface area contributed by atoms with E-state index in [2.05, 4.69) is 27.9 Å². The van der Waals surface area contributed by atoms with E-state index in [0.29, 0.717) is 25.7 Å². The summed E-state index contributed by atoms with van der Waals surface area (Å²) in [5.74, 6) is 2.27. The fourth-order valence-electron chi connectivity index (χ4n) is 2.41. The van der Waals surface area contributed by atoms with Crippen LogP contribution in [0.1, 0.15) is 12.0 Å². The summed E-state index contributed by atoms with van der Waals surface area (Å²) in [5.41, 5.74) is 2.12. The van der Waals surface area contributed by atoms with Crippen molar-refractivity contribution in [3.8, 4) is 11.5 Å². The van der Waals surface area contributed by atoms with E-state index in [9.17, 15) is 0 Å². The van der Waals surface area contributed by atoms with Gasteiger partial charge in [0.05, 0.1) is 13.2 Å². The van der Waals surface area contributed by atoms with Gasteiger partial charge in [0.25, 0.3) is 0 Å². The molecule has 2 aromatic rings. The van der Waals surface area contributed by atoms with Crippen molar-refractivity contribution in [2.24, 2.45) is 12.0 Å². The molecule has 0 unspecified atom stereocenters. The normalized spacial score (nSPS) is 13.7. The Hall–Kier alpha value is -1.90. The predicted molar refractivity (Wildman–Crippen MR) is 107 cm³/mol. The predicted octanol–water partition coefficient (Wildman–Crippen LogP) is 2.99. The molecule has 0 atom stereocenters. The van der Waals surface area contributed by atoms with Crippen LogP contribution >= 0.6 is 24.0 Å². The fourth-order valence-corrected chi connectivity index (χ4v) is 2.41. The van der Waals surface area contributed by atoms with E-state index in [-0.39, 0.29) is 24.0 Å². The maximum atomic E-state index is 5.71. The van der Waals surface area contributed by atoms with E-state index in [1.54, 1.807) is 7.05 Å². The minimum absolute atomic E-state index is 0. The van der Waals surface area contributed by atoms with Gasteiger partial charge in [-0.3, -0.25) is 4.99 Å². The Kier molecular flexibility index (Phi) is 6.77. The maximum Gasteiger partial charge on any atom is 0.195 e. The second-order valence-electron chi connectivity index (χ2n) is 5.45. The Bertz CT molecular complexity index is 700. The van der Waals surface area contributed by atoms with E-state index in [0.717, 1.165) is 23.6 Å². The van der Waals surface area contributed by atoms with Gasteiger partial charge in [0, 0.05) is 51.2 Å². The molecular weight excluding hydrogens is 419 g/mol. The molecule has 130 valence electrons.